The van der Waals surface area contributed by atoms with Gasteiger partial charge >= 0.3 is 0 Å². The van der Waals surface area contributed by atoms with Gasteiger partial charge in [-0.15, -0.1) is 0 Å². The Kier molecular flexibility index (Phi) is 15.2. The Morgan fingerprint density at radius 2 is 1.35 bits per heavy atom. The zero-order valence-corrected chi connectivity index (χ0v) is 13.9. The molecule has 0 aromatic carbocycles. The van der Waals surface area contributed by atoms with Crippen LogP contribution in [0.3, 0.4) is 0 Å². The van der Waals surface area contributed by atoms with Crippen LogP contribution in [0.1, 0.15) is 84.5 Å². The first kappa shape index (κ1) is 19.9. The van der Waals surface area contributed by atoms with E-state index >= 15 is 0 Å². The van der Waals surface area contributed by atoms with Crippen LogP contribution < -0.4 is 11.5 Å². The summed E-state index contributed by atoms with van der Waals surface area (Å²) in [4.78, 5) is 0. The molecule has 0 heterocycles. The third-order valence-corrected chi connectivity index (χ3v) is 3.98. The van der Waals surface area contributed by atoms with Crippen molar-refractivity contribution in [2.45, 2.75) is 96.6 Å². The van der Waals surface area contributed by atoms with Crippen molar-refractivity contribution in [1.82, 2.24) is 0 Å². The number of ether oxygens (including phenoxy) is 1. The van der Waals surface area contributed by atoms with Gasteiger partial charge in [-0.05, 0) is 26.3 Å². The van der Waals surface area contributed by atoms with Crippen molar-refractivity contribution < 1.29 is 4.74 Å². The van der Waals surface area contributed by atoms with E-state index in [4.69, 9.17) is 16.2 Å². The Morgan fingerprint density at radius 1 is 0.850 bits per heavy atom. The van der Waals surface area contributed by atoms with Crippen molar-refractivity contribution in [3.63, 3.8) is 0 Å². The van der Waals surface area contributed by atoms with Gasteiger partial charge in [0.15, 0.2) is 0 Å². The summed E-state index contributed by atoms with van der Waals surface area (Å²) in [6.07, 6.45) is 14.6. The molecule has 0 saturated carbocycles. The zero-order chi connectivity index (χ0) is 15.1. The Hall–Kier alpha value is -0.120. The van der Waals surface area contributed by atoms with Gasteiger partial charge < -0.3 is 16.2 Å². The summed E-state index contributed by atoms with van der Waals surface area (Å²) in [7, 11) is 0. The second kappa shape index (κ2) is 15.3. The number of unbranched alkanes of at least 4 members (excludes halogenated alkanes) is 9. The molecule has 4 N–H and O–H groups in total. The molecule has 0 radical (unpaired) electrons. The van der Waals surface area contributed by atoms with Crippen LogP contribution in [0.25, 0.3) is 0 Å². The molecule has 0 saturated heterocycles. The molecule has 0 bridgehead atoms. The molecule has 3 heteroatoms. The Labute approximate surface area is 126 Å². The Bertz CT molecular complexity index is 188. The van der Waals surface area contributed by atoms with Crippen LogP contribution in [0, 0.1) is 0 Å². The minimum atomic E-state index is 0.0862. The van der Waals surface area contributed by atoms with Gasteiger partial charge in [0.05, 0.1) is 6.10 Å². The van der Waals surface area contributed by atoms with Gasteiger partial charge in [0.1, 0.15) is 0 Å². The lowest BCUT2D eigenvalue weighted by Crippen LogP contribution is -2.36. The average molecular weight is 287 g/mol. The van der Waals surface area contributed by atoms with E-state index in [0.29, 0.717) is 6.54 Å². The van der Waals surface area contributed by atoms with Crippen LogP contribution in [-0.4, -0.2) is 25.3 Å². The van der Waals surface area contributed by atoms with Gasteiger partial charge in [-0.3, -0.25) is 0 Å². The fourth-order valence-electron chi connectivity index (χ4n) is 2.41. The minimum absolute atomic E-state index is 0.0862. The molecule has 2 unspecified atom stereocenters. The summed E-state index contributed by atoms with van der Waals surface area (Å²) >= 11 is 0. The average Bonchev–Trinajstić information content (AvgIpc) is 2.44. The highest BCUT2D eigenvalue weighted by Crippen LogP contribution is 2.11. The van der Waals surface area contributed by atoms with Crippen molar-refractivity contribution in [2.24, 2.45) is 11.5 Å². The lowest BCUT2D eigenvalue weighted by atomic mass is 10.1. The summed E-state index contributed by atoms with van der Waals surface area (Å²) in [5.41, 5.74) is 11.4. The van der Waals surface area contributed by atoms with Gasteiger partial charge in [0, 0.05) is 12.6 Å². The summed E-state index contributed by atoms with van der Waals surface area (Å²) in [6, 6.07) is 0.0862. The standard InChI is InChI=1S/C17H38N2O/c1-3-4-5-6-7-8-9-10-11-12-15-20-16(2)17(19)13-14-18/h16-17H,3-15,18-19H2,1-2H3. The number of hydrogen-bond acceptors (Lipinski definition) is 3. The van der Waals surface area contributed by atoms with Crippen molar-refractivity contribution >= 4 is 0 Å². The molecular formula is C17H38N2O. The van der Waals surface area contributed by atoms with Gasteiger partial charge in [0.25, 0.3) is 0 Å². The molecule has 20 heavy (non-hydrogen) atoms. The fraction of sp³-hybridized carbons (Fsp3) is 1.00. The van der Waals surface area contributed by atoms with Crippen molar-refractivity contribution in [3.05, 3.63) is 0 Å². The van der Waals surface area contributed by atoms with Crippen molar-refractivity contribution in [3.8, 4) is 0 Å². The highest BCUT2D eigenvalue weighted by atomic mass is 16.5. The van der Waals surface area contributed by atoms with Crippen LogP contribution in [0.4, 0.5) is 0 Å². The van der Waals surface area contributed by atoms with E-state index in [9.17, 15) is 0 Å². The first-order chi connectivity index (χ1) is 9.72. The predicted molar refractivity (Wildman–Crippen MR) is 88.9 cm³/mol. The largest absolute Gasteiger partial charge is 0.377 e. The summed E-state index contributed by atoms with van der Waals surface area (Å²) in [5.74, 6) is 0. The highest BCUT2D eigenvalue weighted by Gasteiger charge is 2.11. The number of nitrogens with two attached hydrogens (primary N) is 2. The third kappa shape index (κ3) is 12.9. The van der Waals surface area contributed by atoms with E-state index in [2.05, 4.69) is 13.8 Å². The summed E-state index contributed by atoms with van der Waals surface area (Å²) in [6.45, 7) is 5.81. The lowest BCUT2D eigenvalue weighted by Gasteiger charge is -2.19. The topological polar surface area (TPSA) is 61.3 Å². The maximum absolute atomic E-state index is 5.95. The molecular weight excluding hydrogens is 248 g/mol. The van der Waals surface area contributed by atoms with E-state index in [1.807, 2.05) is 0 Å². The van der Waals surface area contributed by atoms with E-state index in [1.54, 1.807) is 0 Å². The SMILES string of the molecule is CCCCCCCCCCCCOC(C)C(N)CCN. The molecule has 0 aliphatic carbocycles. The zero-order valence-electron chi connectivity index (χ0n) is 13.9. The molecule has 0 aliphatic heterocycles. The predicted octanol–water partition coefficient (Wildman–Crippen LogP) is 3.99. The third-order valence-electron chi connectivity index (χ3n) is 3.98. The molecule has 2 atom stereocenters. The molecule has 3 nitrogen and oxygen atoms in total. The van der Waals surface area contributed by atoms with E-state index in [-0.39, 0.29) is 12.1 Å². The maximum Gasteiger partial charge on any atom is 0.0698 e. The quantitative estimate of drug-likeness (QED) is 0.447. The monoisotopic (exact) mass is 286 g/mol. The smallest absolute Gasteiger partial charge is 0.0698 e. The molecule has 0 aliphatic rings. The fourth-order valence-corrected chi connectivity index (χ4v) is 2.41. The minimum Gasteiger partial charge on any atom is -0.377 e. The van der Waals surface area contributed by atoms with Crippen LogP contribution in [-0.2, 0) is 4.74 Å². The molecule has 0 aromatic heterocycles. The first-order valence-electron chi connectivity index (χ1n) is 8.79. The van der Waals surface area contributed by atoms with Gasteiger partial charge in [-0.1, -0.05) is 64.7 Å². The Morgan fingerprint density at radius 3 is 1.85 bits per heavy atom. The molecule has 0 amide bonds. The molecule has 0 fully saturated rings. The second-order valence-corrected chi connectivity index (χ2v) is 6.00. The summed E-state index contributed by atoms with van der Waals surface area (Å²) in [5, 5.41) is 0. The Balaban J connectivity index is 3.16. The van der Waals surface area contributed by atoms with Gasteiger partial charge in [-0.2, -0.15) is 0 Å². The number of hydrogen-bond donors (Lipinski definition) is 2. The maximum atomic E-state index is 5.95. The van der Waals surface area contributed by atoms with Crippen LogP contribution >= 0.6 is 0 Å². The van der Waals surface area contributed by atoms with E-state index < -0.39 is 0 Å². The normalized spacial score (nSPS) is 14.4. The van der Waals surface area contributed by atoms with Crippen LogP contribution in [0.5, 0.6) is 0 Å². The summed E-state index contributed by atoms with van der Waals surface area (Å²) < 4.78 is 5.75. The van der Waals surface area contributed by atoms with Gasteiger partial charge in [-0.25, -0.2) is 0 Å². The van der Waals surface area contributed by atoms with Crippen LogP contribution in [0.2, 0.25) is 0 Å². The number of rotatable bonds is 15. The molecule has 0 spiro atoms. The van der Waals surface area contributed by atoms with E-state index in [1.165, 1.54) is 57.8 Å². The molecule has 0 aromatic rings. The molecule has 122 valence electrons. The highest BCUT2D eigenvalue weighted by molar-refractivity contribution is 4.69. The van der Waals surface area contributed by atoms with Crippen molar-refractivity contribution in [1.29, 1.82) is 0 Å². The van der Waals surface area contributed by atoms with Gasteiger partial charge in [0.2, 0.25) is 0 Å². The second-order valence-electron chi connectivity index (χ2n) is 6.00. The van der Waals surface area contributed by atoms with E-state index in [0.717, 1.165) is 19.4 Å². The van der Waals surface area contributed by atoms with Crippen LogP contribution in [0.15, 0.2) is 0 Å². The van der Waals surface area contributed by atoms with Crippen molar-refractivity contribution in [2.75, 3.05) is 13.2 Å². The first-order valence-corrected chi connectivity index (χ1v) is 8.79. The lowest BCUT2D eigenvalue weighted by molar-refractivity contribution is 0.0444. The molecule has 0 rings (SSSR count).